The molecule has 1 rings (SSSR count). The Balaban J connectivity index is 2.61. The van der Waals surface area contributed by atoms with E-state index in [-0.39, 0.29) is 6.04 Å². The highest BCUT2D eigenvalue weighted by molar-refractivity contribution is 9.10. The molecule has 0 aliphatic rings. The lowest BCUT2D eigenvalue weighted by molar-refractivity contribution is 0.620. The van der Waals surface area contributed by atoms with Crippen LogP contribution in [-0.4, -0.2) is 11.8 Å². The molecule has 2 atom stereocenters. The summed E-state index contributed by atoms with van der Waals surface area (Å²) in [4.78, 5) is 1.40. The third-order valence-corrected chi connectivity index (χ3v) is 6.08. The summed E-state index contributed by atoms with van der Waals surface area (Å²) in [6.45, 7) is 6.72. The molecule has 0 radical (unpaired) electrons. The maximum Gasteiger partial charge on any atom is 0.0542 e. The van der Waals surface area contributed by atoms with Crippen LogP contribution < -0.4 is 5.73 Å². The van der Waals surface area contributed by atoms with E-state index in [0.29, 0.717) is 5.25 Å². The lowest BCUT2D eigenvalue weighted by Crippen LogP contribution is -2.25. The molecular formula is C13H22BrNS2. The van der Waals surface area contributed by atoms with Crippen molar-refractivity contribution in [1.29, 1.82) is 0 Å². The van der Waals surface area contributed by atoms with Gasteiger partial charge in [-0.05, 0) is 46.5 Å². The molecule has 0 spiro atoms. The molecule has 0 bridgehead atoms. The van der Waals surface area contributed by atoms with Gasteiger partial charge in [-0.2, -0.15) is 11.8 Å². The van der Waals surface area contributed by atoms with E-state index in [4.69, 9.17) is 5.73 Å². The first-order valence-electron chi connectivity index (χ1n) is 6.15. The van der Waals surface area contributed by atoms with Crippen LogP contribution in [0.5, 0.6) is 0 Å². The monoisotopic (exact) mass is 335 g/mol. The topological polar surface area (TPSA) is 26.0 Å². The molecule has 4 heteroatoms. The summed E-state index contributed by atoms with van der Waals surface area (Å²) in [5.41, 5.74) is 6.25. The normalized spacial score (nSPS) is 15.2. The van der Waals surface area contributed by atoms with Gasteiger partial charge in [-0.25, -0.2) is 0 Å². The van der Waals surface area contributed by atoms with Gasteiger partial charge in [-0.15, -0.1) is 11.3 Å². The molecule has 0 saturated carbocycles. The fourth-order valence-electron chi connectivity index (χ4n) is 1.54. The quantitative estimate of drug-likeness (QED) is 0.752. The standard InChI is InChI=1S/C13H22BrNS2/c1-4-11(15)13(16-6-5-9(2)3)12-7-10(14)8-17-12/h7-9,11,13H,4-6,15H2,1-3H3. The van der Waals surface area contributed by atoms with Gasteiger partial charge in [-0.1, -0.05) is 20.8 Å². The summed E-state index contributed by atoms with van der Waals surface area (Å²) in [5, 5.41) is 2.60. The Morgan fingerprint density at radius 1 is 1.47 bits per heavy atom. The summed E-state index contributed by atoms with van der Waals surface area (Å²) in [7, 11) is 0. The Bertz CT molecular complexity index is 325. The molecule has 1 nitrogen and oxygen atoms in total. The van der Waals surface area contributed by atoms with Crippen LogP contribution in [0.2, 0.25) is 0 Å². The van der Waals surface area contributed by atoms with E-state index in [1.165, 1.54) is 21.5 Å². The maximum absolute atomic E-state index is 6.25. The van der Waals surface area contributed by atoms with Crippen molar-refractivity contribution in [2.24, 2.45) is 11.7 Å². The van der Waals surface area contributed by atoms with Gasteiger partial charge in [0.05, 0.1) is 5.25 Å². The van der Waals surface area contributed by atoms with Crippen LogP contribution in [0, 0.1) is 5.92 Å². The van der Waals surface area contributed by atoms with Gasteiger partial charge in [0.25, 0.3) is 0 Å². The Labute approximate surface area is 122 Å². The van der Waals surface area contributed by atoms with Crippen molar-refractivity contribution < 1.29 is 0 Å². The van der Waals surface area contributed by atoms with Gasteiger partial charge in [0.15, 0.2) is 0 Å². The van der Waals surface area contributed by atoms with E-state index in [2.05, 4.69) is 48.1 Å². The molecule has 0 amide bonds. The molecule has 17 heavy (non-hydrogen) atoms. The lowest BCUT2D eigenvalue weighted by Gasteiger charge is -2.21. The van der Waals surface area contributed by atoms with Crippen molar-refractivity contribution in [2.75, 3.05) is 5.75 Å². The largest absolute Gasteiger partial charge is 0.326 e. The first-order chi connectivity index (χ1) is 8.04. The number of halogens is 1. The zero-order valence-electron chi connectivity index (χ0n) is 10.8. The minimum Gasteiger partial charge on any atom is -0.326 e. The fourth-order valence-corrected chi connectivity index (χ4v) is 4.94. The smallest absolute Gasteiger partial charge is 0.0542 e. The molecule has 0 aliphatic heterocycles. The van der Waals surface area contributed by atoms with E-state index in [1.54, 1.807) is 0 Å². The van der Waals surface area contributed by atoms with E-state index < -0.39 is 0 Å². The molecule has 2 unspecified atom stereocenters. The molecule has 1 heterocycles. The summed E-state index contributed by atoms with van der Waals surface area (Å²) in [6, 6.07) is 2.48. The van der Waals surface area contributed by atoms with Gasteiger partial charge in [0, 0.05) is 20.8 Å². The van der Waals surface area contributed by atoms with Gasteiger partial charge in [0.2, 0.25) is 0 Å². The summed E-state index contributed by atoms with van der Waals surface area (Å²) in [5.74, 6) is 1.97. The molecule has 0 saturated heterocycles. The number of hydrogen-bond acceptors (Lipinski definition) is 3. The minimum absolute atomic E-state index is 0.262. The van der Waals surface area contributed by atoms with E-state index >= 15 is 0 Å². The van der Waals surface area contributed by atoms with E-state index in [0.717, 1.165) is 12.3 Å². The van der Waals surface area contributed by atoms with Crippen molar-refractivity contribution in [1.82, 2.24) is 0 Å². The number of hydrogen-bond donors (Lipinski definition) is 1. The second-order valence-corrected chi connectivity index (χ2v) is 7.82. The van der Waals surface area contributed by atoms with Crippen LogP contribution in [-0.2, 0) is 0 Å². The molecule has 0 aliphatic carbocycles. The average molecular weight is 336 g/mol. The van der Waals surface area contributed by atoms with Crippen LogP contribution in [0.25, 0.3) is 0 Å². The lowest BCUT2D eigenvalue weighted by atomic mass is 10.1. The van der Waals surface area contributed by atoms with Crippen molar-refractivity contribution in [3.05, 3.63) is 20.8 Å². The Kier molecular flexibility index (Phi) is 7.15. The van der Waals surface area contributed by atoms with Crippen molar-refractivity contribution in [2.45, 2.75) is 44.9 Å². The van der Waals surface area contributed by atoms with Gasteiger partial charge >= 0.3 is 0 Å². The third-order valence-electron chi connectivity index (χ3n) is 2.72. The van der Waals surface area contributed by atoms with E-state index in [9.17, 15) is 0 Å². The van der Waals surface area contributed by atoms with Crippen molar-refractivity contribution >= 4 is 39.0 Å². The van der Waals surface area contributed by atoms with Crippen LogP contribution in [0.1, 0.15) is 43.7 Å². The summed E-state index contributed by atoms with van der Waals surface area (Å²) >= 11 is 7.35. The Morgan fingerprint density at radius 2 is 2.18 bits per heavy atom. The molecule has 1 aromatic rings. The minimum atomic E-state index is 0.262. The van der Waals surface area contributed by atoms with Crippen molar-refractivity contribution in [3.63, 3.8) is 0 Å². The summed E-state index contributed by atoms with van der Waals surface area (Å²) < 4.78 is 1.18. The summed E-state index contributed by atoms with van der Waals surface area (Å²) in [6.07, 6.45) is 2.30. The van der Waals surface area contributed by atoms with Crippen LogP contribution >= 0.6 is 39.0 Å². The highest BCUT2D eigenvalue weighted by atomic mass is 79.9. The van der Waals surface area contributed by atoms with Crippen LogP contribution in [0.15, 0.2) is 15.9 Å². The second-order valence-electron chi connectivity index (χ2n) is 4.71. The highest BCUT2D eigenvalue weighted by Gasteiger charge is 2.20. The zero-order valence-corrected chi connectivity index (χ0v) is 14.0. The first kappa shape index (κ1) is 15.5. The molecule has 2 N–H and O–H groups in total. The molecule has 0 fully saturated rings. The van der Waals surface area contributed by atoms with Gasteiger partial charge < -0.3 is 5.73 Å². The fraction of sp³-hybridized carbons (Fsp3) is 0.692. The molecule has 98 valence electrons. The zero-order chi connectivity index (χ0) is 12.8. The predicted octanol–water partition coefficient (Wildman–Crippen LogP) is 5.07. The van der Waals surface area contributed by atoms with Gasteiger partial charge in [0.1, 0.15) is 0 Å². The predicted molar refractivity (Wildman–Crippen MR) is 84.9 cm³/mol. The first-order valence-corrected chi connectivity index (χ1v) is 8.87. The van der Waals surface area contributed by atoms with Crippen molar-refractivity contribution in [3.8, 4) is 0 Å². The SMILES string of the molecule is CCC(N)C(SCCC(C)C)c1cc(Br)cs1. The third kappa shape index (κ3) is 5.33. The number of rotatable bonds is 7. The maximum atomic E-state index is 6.25. The second kappa shape index (κ2) is 7.82. The van der Waals surface area contributed by atoms with Gasteiger partial charge in [-0.3, -0.25) is 0 Å². The Hall–Kier alpha value is 0.490. The van der Waals surface area contributed by atoms with Crippen LogP contribution in [0.4, 0.5) is 0 Å². The van der Waals surface area contributed by atoms with E-state index in [1.807, 2.05) is 23.1 Å². The van der Waals surface area contributed by atoms with Crippen LogP contribution in [0.3, 0.4) is 0 Å². The average Bonchev–Trinajstić information content (AvgIpc) is 2.69. The molecule has 1 aromatic heterocycles. The molecular weight excluding hydrogens is 314 g/mol. The number of thiophene rings is 1. The highest BCUT2D eigenvalue weighted by Crippen LogP contribution is 2.38. The number of thioether (sulfide) groups is 1. The molecule has 0 aromatic carbocycles. The number of nitrogens with two attached hydrogens (primary N) is 1. The Morgan fingerprint density at radius 3 is 2.65 bits per heavy atom.